The van der Waals surface area contributed by atoms with Crippen molar-refractivity contribution in [1.82, 2.24) is 9.80 Å². The quantitative estimate of drug-likeness (QED) is 0.628. The van der Waals surface area contributed by atoms with Crippen molar-refractivity contribution in [1.29, 1.82) is 0 Å². The summed E-state index contributed by atoms with van der Waals surface area (Å²) in [6.07, 6.45) is 5.14. The van der Waals surface area contributed by atoms with Crippen LogP contribution in [0, 0.1) is 10.1 Å². The lowest BCUT2D eigenvalue weighted by Crippen LogP contribution is -2.51. The summed E-state index contributed by atoms with van der Waals surface area (Å²) in [4.78, 5) is 26.4. The molecule has 1 aliphatic heterocycles. The molecule has 1 aromatic rings. The van der Waals surface area contributed by atoms with Gasteiger partial charge in [0.15, 0.2) is 5.76 Å². The molecule has 114 valence electrons. The van der Waals surface area contributed by atoms with Crippen LogP contribution < -0.4 is 0 Å². The van der Waals surface area contributed by atoms with E-state index in [0.29, 0.717) is 19.1 Å². The molecule has 2 fully saturated rings. The van der Waals surface area contributed by atoms with Gasteiger partial charge in [0, 0.05) is 32.2 Å². The summed E-state index contributed by atoms with van der Waals surface area (Å²) in [5.74, 6) is -0.590. The van der Waals surface area contributed by atoms with Gasteiger partial charge < -0.3 is 9.32 Å². The Balaban J connectivity index is 1.58. The first-order valence-electron chi connectivity index (χ1n) is 7.43. The number of amides is 1. The fourth-order valence-corrected chi connectivity index (χ4v) is 3.26. The number of nitro groups is 1. The maximum absolute atomic E-state index is 12.3. The number of carbonyl (C=O) groups is 1. The molecular formula is C14H19N3O4. The second kappa shape index (κ2) is 5.85. The third-order valence-electron chi connectivity index (χ3n) is 4.43. The highest BCUT2D eigenvalue weighted by Crippen LogP contribution is 2.25. The Morgan fingerprint density at radius 1 is 1.19 bits per heavy atom. The summed E-state index contributed by atoms with van der Waals surface area (Å²) in [7, 11) is 0. The third kappa shape index (κ3) is 2.92. The number of nitrogens with zero attached hydrogens (tertiary/aromatic N) is 3. The fraction of sp³-hybridized carbons (Fsp3) is 0.643. The van der Waals surface area contributed by atoms with Gasteiger partial charge in [-0.15, -0.1) is 0 Å². The van der Waals surface area contributed by atoms with Gasteiger partial charge >= 0.3 is 5.88 Å². The van der Waals surface area contributed by atoms with Crippen molar-refractivity contribution in [2.75, 3.05) is 26.2 Å². The molecule has 0 radical (unpaired) electrons. The maximum atomic E-state index is 12.3. The van der Waals surface area contributed by atoms with E-state index in [4.69, 9.17) is 4.42 Å². The van der Waals surface area contributed by atoms with Crippen LogP contribution in [-0.2, 0) is 0 Å². The molecule has 21 heavy (non-hydrogen) atoms. The molecule has 2 heterocycles. The van der Waals surface area contributed by atoms with E-state index in [1.165, 1.54) is 37.8 Å². The number of furan rings is 1. The van der Waals surface area contributed by atoms with Crippen LogP contribution in [-0.4, -0.2) is 52.9 Å². The minimum Gasteiger partial charge on any atom is -0.395 e. The van der Waals surface area contributed by atoms with E-state index in [1.807, 2.05) is 0 Å². The average molecular weight is 293 g/mol. The third-order valence-corrected chi connectivity index (χ3v) is 4.43. The molecule has 0 N–H and O–H groups in total. The number of hydrogen-bond acceptors (Lipinski definition) is 5. The van der Waals surface area contributed by atoms with Crippen molar-refractivity contribution >= 4 is 11.8 Å². The Morgan fingerprint density at radius 3 is 2.43 bits per heavy atom. The molecular weight excluding hydrogens is 274 g/mol. The van der Waals surface area contributed by atoms with Crippen LogP contribution in [0.3, 0.4) is 0 Å². The molecule has 1 aromatic heterocycles. The average Bonchev–Trinajstić information content (AvgIpc) is 3.18. The van der Waals surface area contributed by atoms with E-state index in [-0.39, 0.29) is 17.6 Å². The lowest BCUT2D eigenvalue weighted by atomic mass is 10.2. The zero-order valence-electron chi connectivity index (χ0n) is 11.9. The minimum absolute atomic E-state index is 0.0519. The normalized spacial score (nSPS) is 20.9. The summed E-state index contributed by atoms with van der Waals surface area (Å²) in [6.45, 7) is 3.06. The van der Waals surface area contributed by atoms with Crippen LogP contribution in [0.4, 0.5) is 5.88 Å². The van der Waals surface area contributed by atoms with Gasteiger partial charge in [-0.3, -0.25) is 19.8 Å². The van der Waals surface area contributed by atoms with E-state index in [9.17, 15) is 14.9 Å². The largest absolute Gasteiger partial charge is 0.433 e. The van der Waals surface area contributed by atoms with E-state index in [1.54, 1.807) is 4.90 Å². The number of carbonyl (C=O) groups excluding carboxylic acids is 1. The molecule has 1 saturated carbocycles. The summed E-state index contributed by atoms with van der Waals surface area (Å²) >= 11 is 0. The van der Waals surface area contributed by atoms with Crippen molar-refractivity contribution in [3.63, 3.8) is 0 Å². The van der Waals surface area contributed by atoms with Crippen LogP contribution in [0.1, 0.15) is 36.2 Å². The molecule has 1 saturated heterocycles. The van der Waals surface area contributed by atoms with Crippen molar-refractivity contribution < 1.29 is 14.1 Å². The summed E-state index contributed by atoms with van der Waals surface area (Å²) < 4.78 is 4.98. The summed E-state index contributed by atoms with van der Waals surface area (Å²) in [5.41, 5.74) is 0. The molecule has 0 spiro atoms. The molecule has 1 amide bonds. The zero-order chi connectivity index (χ0) is 14.8. The van der Waals surface area contributed by atoms with Gasteiger partial charge in [-0.05, 0) is 18.9 Å². The first-order chi connectivity index (χ1) is 10.1. The standard InChI is InChI=1S/C14H19N3O4/c18-14(12-5-6-13(21-12)17(19)20)16-9-7-15(8-10-16)11-3-1-2-4-11/h5-6,11H,1-4,7-10H2. The molecule has 7 heteroatoms. The Bertz CT molecular complexity index is 528. The van der Waals surface area contributed by atoms with Gasteiger partial charge in [0.1, 0.15) is 4.92 Å². The second-order valence-electron chi connectivity index (χ2n) is 5.66. The van der Waals surface area contributed by atoms with Crippen molar-refractivity contribution in [3.05, 3.63) is 28.0 Å². The van der Waals surface area contributed by atoms with Gasteiger partial charge in [0.25, 0.3) is 5.91 Å². The highest BCUT2D eigenvalue weighted by Gasteiger charge is 2.29. The van der Waals surface area contributed by atoms with E-state index in [0.717, 1.165) is 13.1 Å². The SMILES string of the molecule is O=C(c1ccc([N+](=O)[O-])o1)N1CCN(C2CCCC2)CC1. The fourth-order valence-electron chi connectivity index (χ4n) is 3.26. The molecule has 3 rings (SSSR count). The molecule has 1 aliphatic carbocycles. The Morgan fingerprint density at radius 2 is 1.86 bits per heavy atom. The van der Waals surface area contributed by atoms with Crippen LogP contribution in [0.2, 0.25) is 0 Å². The van der Waals surface area contributed by atoms with Gasteiger partial charge in [-0.2, -0.15) is 0 Å². The monoisotopic (exact) mass is 293 g/mol. The highest BCUT2D eigenvalue weighted by atomic mass is 16.6. The first-order valence-corrected chi connectivity index (χ1v) is 7.43. The van der Waals surface area contributed by atoms with Gasteiger partial charge in [0.2, 0.25) is 0 Å². The molecule has 0 unspecified atom stereocenters. The van der Waals surface area contributed by atoms with Crippen molar-refractivity contribution in [2.45, 2.75) is 31.7 Å². The lowest BCUT2D eigenvalue weighted by Gasteiger charge is -2.37. The molecule has 0 aromatic carbocycles. The van der Waals surface area contributed by atoms with Gasteiger partial charge in [0.05, 0.1) is 6.07 Å². The van der Waals surface area contributed by atoms with Crippen LogP contribution in [0.5, 0.6) is 0 Å². The first kappa shape index (κ1) is 14.1. The van der Waals surface area contributed by atoms with E-state index < -0.39 is 4.92 Å². The highest BCUT2D eigenvalue weighted by molar-refractivity contribution is 5.91. The van der Waals surface area contributed by atoms with Crippen LogP contribution in [0.15, 0.2) is 16.5 Å². The predicted molar refractivity (Wildman–Crippen MR) is 75.1 cm³/mol. The number of piperazine rings is 1. The zero-order valence-corrected chi connectivity index (χ0v) is 11.9. The van der Waals surface area contributed by atoms with Crippen LogP contribution in [0.25, 0.3) is 0 Å². The summed E-state index contributed by atoms with van der Waals surface area (Å²) in [6, 6.07) is 3.28. The molecule has 7 nitrogen and oxygen atoms in total. The molecule has 2 aliphatic rings. The smallest absolute Gasteiger partial charge is 0.395 e. The summed E-state index contributed by atoms with van der Waals surface area (Å²) in [5, 5.41) is 10.6. The van der Waals surface area contributed by atoms with E-state index in [2.05, 4.69) is 4.90 Å². The minimum atomic E-state index is -0.630. The second-order valence-corrected chi connectivity index (χ2v) is 5.66. The topological polar surface area (TPSA) is 79.8 Å². The Hall–Kier alpha value is -1.89. The van der Waals surface area contributed by atoms with Gasteiger partial charge in [-0.25, -0.2) is 0 Å². The van der Waals surface area contributed by atoms with Crippen molar-refractivity contribution in [3.8, 4) is 0 Å². The number of rotatable bonds is 3. The van der Waals surface area contributed by atoms with Gasteiger partial charge in [-0.1, -0.05) is 12.8 Å². The van der Waals surface area contributed by atoms with E-state index >= 15 is 0 Å². The Kier molecular flexibility index (Phi) is 3.92. The molecule has 0 atom stereocenters. The Labute approximate surface area is 122 Å². The lowest BCUT2D eigenvalue weighted by molar-refractivity contribution is -0.402. The predicted octanol–water partition coefficient (Wildman–Crippen LogP) is 1.89. The van der Waals surface area contributed by atoms with Crippen LogP contribution >= 0.6 is 0 Å². The molecule has 0 bridgehead atoms. The number of hydrogen-bond donors (Lipinski definition) is 0. The maximum Gasteiger partial charge on any atom is 0.433 e. The van der Waals surface area contributed by atoms with Crippen molar-refractivity contribution in [2.24, 2.45) is 0 Å².